The van der Waals surface area contributed by atoms with Gasteiger partial charge in [0.15, 0.2) is 0 Å². The lowest BCUT2D eigenvalue weighted by Crippen LogP contribution is -2.44. The number of aromatic nitrogens is 2. The van der Waals surface area contributed by atoms with E-state index in [-0.39, 0.29) is 23.6 Å². The predicted molar refractivity (Wildman–Crippen MR) is 135 cm³/mol. The van der Waals surface area contributed by atoms with Crippen LogP contribution in [-0.2, 0) is 33.5 Å². The first-order valence-corrected chi connectivity index (χ1v) is 14.0. The number of rotatable bonds is 7. The number of amides is 1. The van der Waals surface area contributed by atoms with Crippen molar-refractivity contribution in [2.24, 2.45) is 5.92 Å². The van der Waals surface area contributed by atoms with Crippen molar-refractivity contribution in [1.29, 1.82) is 0 Å². The van der Waals surface area contributed by atoms with E-state index in [2.05, 4.69) is 27.2 Å². The van der Waals surface area contributed by atoms with Crippen molar-refractivity contribution in [3.8, 4) is 0 Å². The highest BCUT2D eigenvalue weighted by Gasteiger charge is 2.33. The van der Waals surface area contributed by atoms with E-state index in [1.54, 1.807) is 0 Å². The van der Waals surface area contributed by atoms with Gasteiger partial charge in [0.1, 0.15) is 0 Å². The number of fused-ring (bicyclic) bond motifs is 1. The van der Waals surface area contributed by atoms with Crippen molar-refractivity contribution >= 4 is 15.9 Å². The molecule has 1 aliphatic heterocycles. The maximum atomic E-state index is 13.1. The van der Waals surface area contributed by atoms with Crippen molar-refractivity contribution in [2.45, 2.75) is 50.4 Å². The topological polar surface area (TPSA) is 84.3 Å². The third kappa shape index (κ3) is 5.49. The van der Waals surface area contributed by atoms with Gasteiger partial charge in [-0.25, -0.2) is 12.7 Å². The van der Waals surface area contributed by atoms with Crippen LogP contribution < -0.4 is 5.32 Å². The summed E-state index contributed by atoms with van der Waals surface area (Å²) >= 11 is 0. The molecular formula is C27H32N4O3S. The summed E-state index contributed by atoms with van der Waals surface area (Å²) in [6.07, 6.45) is 5.88. The quantitative estimate of drug-likeness (QED) is 0.546. The molecule has 1 unspecified atom stereocenters. The lowest BCUT2D eigenvalue weighted by molar-refractivity contribution is -0.127. The lowest BCUT2D eigenvalue weighted by atomic mass is 9.91. The summed E-state index contributed by atoms with van der Waals surface area (Å²) in [5.41, 5.74) is 4.31. The van der Waals surface area contributed by atoms with Crippen molar-refractivity contribution in [1.82, 2.24) is 19.4 Å². The summed E-state index contributed by atoms with van der Waals surface area (Å²) in [7, 11) is -3.39. The van der Waals surface area contributed by atoms with Gasteiger partial charge < -0.3 is 5.32 Å². The van der Waals surface area contributed by atoms with Crippen LogP contribution in [0.1, 0.15) is 54.1 Å². The SMILES string of the molecule is O=C(NC1CCCc2c1cnn2Cc1ccccc1)C1CCN(S(=O)(=O)Cc2ccccc2)CC1. The molecule has 35 heavy (non-hydrogen) atoms. The number of benzene rings is 2. The van der Waals surface area contributed by atoms with Gasteiger partial charge in [0.25, 0.3) is 0 Å². The molecule has 1 amide bonds. The van der Waals surface area contributed by atoms with Crippen LogP contribution in [-0.4, -0.2) is 41.5 Å². The third-order valence-corrected chi connectivity index (χ3v) is 9.01. The van der Waals surface area contributed by atoms with Crippen LogP contribution >= 0.6 is 0 Å². The number of sulfonamides is 1. The van der Waals surface area contributed by atoms with E-state index in [0.29, 0.717) is 25.9 Å². The molecule has 5 rings (SSSR count). The van der Waals surface area contributed by atoms with Crippen LogP contribution in [0, 0.1) is 5.92 Å². The molecule has 1 saturated heterocycles. The number of hydrogen-bond donors (Lipinski definition) is 1. The third-order valence-electron chi connectivity index (χ3n) is 7.16. The minimum atomic E-state index is -3.39. The van der Waals surface area contributed by atoms with E-state index in [1.165, 1.54) is 15.6 Å². The zero-order chi connectivity index (χ0) is 24.3. The molecule has 2 aromatic carbocycles. The largest absolute Gasteiger partial charge is 0.349 e. The molecule has 2 aliphatic rings. The van der Waals surface area contributed by atoms with Crippen molar-refractivity contribution in [3.63, 3.8) is 0 Å². The van der Waals surface area contributed by atoms with Gasteiger partial charge in [0.05, 0.1) is 24.5 Å². The lowest BCUT2D eigenvalue weighted by Gasteiger charge is -2.32. The van der Waals surface area contributed by atoms with Crippen LogP contribution in [0.4, 0.5) is 0 Å². The normalized spacial score (nSPS) is 19.3. The first-order valence-electron chi connectivity index (χ1n) is 12.4. The van der Waals surface area contributed by atoms with Gasteiger partial charge >= 0.3 is 0 Å². The molecule has 2 heterocycles. The molecule has 0 spiro atoms. The number of hydrogen-bond acceptors (Lipinski definition) is 4. The number of piperidine rings is 1. The van der Waals surface area contributed by atoms with Crippen LogP contribution in [0.5, 0.6) is 0 Å². The number of nitrogens with zero attached hydrogens (tertiary/aromatic N) is 3. The Labute approximate surface area is 207 Å². The Bertz CT molecular complexity index is 1250. The molecular weight excluding hydrogens is 460 g/mol. The highest BCUT2D eigenvalue weighted by molar-refractivity contribution is 7.88. The van der Waals surface area contributed by atoms with Gasteiger partial charge in [-0.15, -0.1) is 0 Å². The zero-order valence-electron chi connectivity index (χ0n) is 19.8. The summed E-state index contributed by atoms with van der Waals surface area (Å²) in [6, 6.07) is 19.5. The molecule has 8 heteroatoms. The summed E-state index contributed by atoms with van der Waals surface area (Å²) in [6.45, 7) is 1.50. The molecule has 1 aromatic heterocycles. The van der Waals surface area contributed by atoms with Crippen LogP contribution in [0.2, 0.25) is 0 Å². The minimum absolute atomic E-state index is 0.00250. The van der Waals surface area contributed by atoms with E-state index < -0.39 is 10.0 Å². The first kappa shape index (κ1) is 23.8. The Balaban J connectivity index is 1.18. The van der Waals surface area contributed by atoms with E-state index in [0.717, 1.165) is 36.9 Å². The second-order valence-corrected chi connectivity index (χ2v) is 11.5. The second-order valence-electron chi connectivity index (χ2n) is 9.56. The van der Waals surface area contributed by atoms with Gasteiger partial charge in [-0.2, -0.15) is 5.10 Å². The Morgan fingerprint density at radius 1 is 0.943 bits per heavy atom. The standard InChI is InChI=1S/C27H32N4O3S/c32-27(23-14-16-30(17-15-23)35(33,34)20-22-10-5-2-6-11-22)29-25-12-7-13-26-24(25)18-28-31(26)19-21-8-3-1-4-9-21/h1-6,8-11,18,23,25H,7,12-17,19-20H2,(H,29,32). The molecule has 0 bridgehead atoms. The van der Waals surface area contributed by atoms with Crippen LogP contribution in [0.3, 0.4) is 0 Å². The molecule has 3 aromatic rings. The monoisotopic (exact) mass is 492 g/mol. The Kier molecular flexibility index (Phi) is 7.02. The molecule has 184 valence electrons. The van der Waals surface area contributed by atoms with Gasteiger partial charge in [0.2, 0.25) is 15.9 Å². The van der Waals surface area contributed by atoms with Crippen molar-refractivity contribution < 1.29 is 13.2 Å². The maximum absolute atomic E-state index is 13.1. The molecule has 1 atom stereocenters. The Morgan fingerprint density at radius 2 is 1.60 bits per heavy atom. The van der Waals surface area contributed by atoms with Crippen LogP contribution in [0.25, 0.3) is 0 Å². The number of nitrogens with one attached hydrogen (secondary N) is 1. The van der Waals surface area contributed by atoms with Gasteiger partial charge in [0, 0.05) is 30.3 Å². The smallest absolute Gasteiger partial charge is 0.223 e. The Hall–Kier alpha value is -2.97. The maximum Gasteiger partial charge on any atom is 0.223 e. The van der Waals surface area contributed by atoms with E-state index >= 15 is 0 Å². The van der Waals surface area contributed by atoms with Gasteiger partial charge in [-0.05, 0) is 43.2 Å². The molecule has 1 N–H and O–H groups in total. The highest BCUT2D eigenvalue weighted by Crippen LogP contribution is 2.31. The van der Waals surface area contributed by atoms with Crippen molar-refractivity contribution in [3.05, 3.63) is 89.2 Å². The number of carbonyl (C=O) groups excluding carboxylic acids is 1. The molecule has 0 radical (unpaired) electrons. The first-order chi connectivity index (χ1) is 17.0. The summed E-state index contributed by atoms with van der Waals surface area (Å²) in [5, 5.41) is 7.88. The second kappa shape index (κ2) is 10.3. The van der Waals surface area contributed by atoms with Gasteiger partial charge in [-0.1, -0.05) is 60.7 Å². The fourth-order valence-electron chi connectivity index (χ4n) is 5.22. The Morgan fingerprint density at radius 3 is 2.29 bits per heavy atom. The molecule has 1 fully saturated rings. The fourth-order valence-corrected chi connectivity index (χ4v) is 6.79. The molecule has 0 saturated carbocycles. The van der Waals surface area contributed by atoms with Crippen molar-refractivity contribution in [2.75, 3.05) is 13.1 Å². The fraction of sp³-hybridized carbons (Fsp3) is 0.407. The number of carbonyl (C=O) groups is 1. The highest BCUT2D eigenvalue weighted by atomic mass is 32.2. The zero-order valence-corrected chi connectivity index (χ0v) is 20.7. The minimum Gasteiger partial charge on any atom is -0.349 e. The average Bonchev–Trinajstić information content (AvgIpc) is 3.29. The van der Waals surface area contributed by atoms with E-state index in [4.69, 9.17) is 0 Å². The van der Waals surface area contributed by atoms with Crippen LogP contribution in [0.15, 0.2) is 66.9 Å². The molecule has 7 nitrogen and oxygen atoms in total. The average molecular weight is 493 g/mol. The predicted octanol–water partition coefficient (Wildman–Crippen LogP) is 3.67. The van der Waals surface area contributed by atoms with E-state index in [1.807, 2.05) is 54.7 Å². The summed E-state index contributed by atoms with van der Waals surface area (Å²) in [4.78, 5) is 13.1. The van der Waals surface area contributed by atoms with E-state index in [9.17, 15) is 13.2 Å². The van der Waals surface area contributed by atoms with Gasteiger partial charge in [-0.3, -0.25) is 9.48 Å². The molecule has 1 aliphatic carbocycles. The summed E-state index contributed by atoms with van der Waals surface area (Å²) in [5.74, 6) is -0.135. The summed E-state index contributed by atoms with van der Waals surface area (Å²) < 4.78 is 29.3.